The molecule has 0 unspecified atom stereocenters. The smallest absolute Gasteiger partial charge is 0.264 e. The Morgan fingerprint density at radius 3 is 2.69 bits per heavy atom. The van der Waals surface area contributed by atoms with Crippen LogP contribution in [-0.2, 0) is 10.0 Å². The molecule has 32 heavy (non-hydrogen) atoms. The standard InChI is InChI=1S/C22H15ClFN3O4S/c23-17-5-2-6-18(24)21(17)22(28)26-15-7-8-20-19(12-15)27(9-10-31-20)32(29,30)16-4-1-3-14(11-16)13-25/h1-8,11-12H,9-10H2,(H,26,28). The molecular formula is C22H15ClFN3O4S. The molecule has 1 amide bonds. The van der Waals surface area contributed by atoms with Gasteiger partial charge in [0.2, 0.25) is 0 Å². The maximum Gasteiger partial charge on any atom is 0.264 e. The zero-order chi connectivity index (χ0) is 22.9. The highest BCUT2D eigenvalue weighted by molar-refractivity contribution is 7.92. The van der Waals surface area contributed by atoms with Gasteiger partial charge in [-0.3, -0.25) is 9.10 Å². The molecule has 3 aromatic carbocycles. The van der Waals surface area contributed by atoms with Gasteiger partial charge in [-0.25, -0.2) is 12.8 Å². The summed E-state index contributed by atoms with van der Waals surface area (Å²) >= 11 is 5.95. The number of hydrogen-bond donors (Lipinski definition) is 1. The Bertz CT molecular complexity index is 1350. The molecule has 0 atom stereocenters. The molecule has 0 aromatic heterocycles. The number of amides is 1. The lowest BCUT2D eigenvalue weighted by molar-refractivity contribution is 0.102. The molecule has 1 heterocycles. The monoisotopic (exact) mass is 471 g/mol. The zero-order valence-electron chi connectivity index (χ0n) is 16.4. The fraction of sp³-hybridized carbons (Fsp3) is 0.0909. The highest BCUT2D eigenvalue weighted by atomic mass is 35.5. The summed E-state index contributed by atoms with van der Waals surface area (Å²) in [6.07, 6.45) is 0. The highest BCUT2D eigenvalue weighted by Gasteiger charge is 2.31. The maximum absolute atomic E-state index is 14.1. The largest absolute Gasteiger partial charge is 0.489 e. The molecule has 4 rings (SSSR count). The molecule has 7 nitrogen and oxygen atoms in total. The van der Waals surface area contributed by atoms with E-state index in [0.29, 0.717) is 5.75 Å². The van der Waals surface area contributed by atoms with Gasteiger partial charge in [0.15, 0.2) is 0 Å². The van der Waals surface area contributed by atoms with Crippen molar-refractivity contribution in [2.45, 2.75) is 4.90 Å². The number of carbonyl (C=O) groups is 1. The number of fused-ring (bicyclic) bond motifs is 1. The number of ether oxygens (including phenoxy) is 1. The van der Waals surface area contributed by atoms with E-state index in [4.69, 9.17) is 21.6 Å². The quantitative estimate of drug-likeness (QED) is 0.615. The van der Waals surface area contributed by atoms with E-state index in [0.717, 1.165) is 10.4 Å². The van der Waals surface area contributed by atoms with Gasteiger partial charge in [-0.05, 0) is 48.5 Å². The molecule has 0 bridgehead atoms. The average molecular weight is 472 g/mol. The fourth-order valence-electron chi connectivity index (χ4n) is 3.28. The van der Waals surface area contributed by atoms with Gasteiger partial charge in [0.1, 0.15) is 18.2 Å². The molecular weight excluding hydrogens is 457 g/mol. The number of nitrogens with zero attached hydrogens (tertiary/aromatic N) is 2. The molecule has 0 saturated carbocycles. The van der Waals surface area contributed by atoms with E-state index in [1.807, 2.05) is 6.07 Å². The van der Waals surface area contributed by atoms with E-state index in [-0.39, 0.29) is 45.6 Å². The number of sulfonamides is 1. The van der Waals surface area contributed by atoms with Crippen LogP contribution in [0.1, 0.15) is 15.9 Å². The summed E-state index contributed by atoms with van der Waals surface area (Å²) < 4.78 is 47.3. The first kappa shape index (κ1) is 21.6. The van der Waals surface area contributed by atoms with Gasteiger partial charge in [-0.2, -0.15) is 5.26 Å². The van der Waals surface area contributed by atoms with E-state index in [1.54, 1.807) is 0 Å². The normalized spacial score (nSPS) is 13.0. The van der Waals surface area contributed by atoms with E-state index >= 15 is 0 Å². The Balaban J connectivity index is 1.70. The molecule has 1 aliphatic rings. The van der Waals surface area contributed by atoms with Crippen LogP contribution in [0.3, 0.4) is 0 Å². The molecule has 1 aliphatic heterocycles. The van der Waals surface area contributed by atoms with Crippen LogP contribution < -0.4 is 14.4 Å². The summed E-state index contributed by atoms with van der Waals surface area (Å²) in [6.45, 7) is 0.156. The van der Waals surface area contributed by atoms with Crippen molar-refractivity contribution in [1.29, 1.82) is 5.26 Å². The Hall–Kier alpha value is -3.61. The third-order valence-corrected chi connectivity index (χ3v) is 6.90. The van der Waals surface area contributed by atoms with Crippen molar-refractivity contribution in [3.8, 4) is 11.8 Å². The first-order chi connectivity index (χ1) is 15.3. The van der Waals surface area contributed by atoms with Gasteiger partial charge < -0.3 is 10.1 Å². The number of rotatable bonds is 4. The maximum atomic E-state index is 14.1. The first-order valence-corrected chi connectivity index (χ1v) is 11.2. The molecule has 0 spiro atoms. The molecule has 0 radical (unpaired) electrons. The lowest BCUT2D eigenvalue weighted by Crippen LogP contribution is -2.38. The van der Waals surface area contributed by atoms with Crippen molar-refractivity contribution < 1.29 is 22.3 Å². The minimum Gasteiger partial charge on any atom is -0.489 e. The summed E-state index contributed by atoms with van der Waals surface area (Å²) in [7, 11) is -4.01. The average Bonchev–Trinajstić information content (AvgIpc) is 2.78. The summed E-state index contributed by atoms with van der Waals surface area (Å²) in [5.41, 5.74) is 0.323. The number of hydrogen-bond acceptors (Lipinski definition) is 5. The van der Waals surface area contributed by atoms with Crippen LogP contribution in [0.15, 0.2) is 65.6 Å². The van der Waals surface area contributed by atoms with E-state index in [1.165, 1.54) is 54.6 Å². The van der Waals surface area contributed by atoms with Gasteiger partial charge in [0.05, 0.1) is 39.3 Å². The van der Waals surface area contributed by atoms with Crippen LogP contribution in [0.4, 0.5) is 15.8 Å². The van der Waals surface area contributed by atoms with Gasteiger partial charge >= 0.3 is 0 Å². The van der Waals surface area contributed by atoms with E-state index in [9.17, 15) is 17.6 Å². The summed E-state index contributed by atoms with van der Waals surface area (Å²) in [6, 6.07) is 15.9. The molecule has 1 N–H and O–H groups in total. The minimum absolute atomic E-state index is 0.0304. The Morgan fingerprint density at radius 1 is 1.16 bits per heavy atom. The third kappa shape index (κ3) is 3.98. The summed E-state index contributed by atoms with van der Waals surface area (Å²) in [5.74, 6) is -1.25. The molecule has 0 fully saturated rings. The van der Waals surface area contributed by atoms with E-state index in [2.05, 4.69) is 5.32 Å². The summed E-state index contributed by atoms with van der Waals surface area (Å²) in [4.78, 5) is 12.5. The predicted octanol–water partition coefficient (Wildman–Crippen LogP) is 4.19. The first-order valence-electron chi connectivity index (χ1n) is 9.36. The summed E-state index contributed by atoms with van der Waals surface area (Å²) in [5, 5.41) is 11.6. The van der Waals surface area contributed by atoms with E-state index < -0.39 is 21.7 Å². The molecule has 162 valence electrons. The second-order valence-electron chi connectivity index (χ2n) is 6.80. The van der Waals surface area contributed by atoms with Gasteiger partial charge in [0.25, 0.3) is 15.9 Å². The van der Waals surface area contributed by atoms with Crippen LogP contribution in [0.2, 0.25) is 5.02 Å². The number of nitriles is 1. The minimum atomic E-state index is -4.01. The second kappa shape index (κ2) is 8.49. The van der Waals surface area contributed by atoms with Crippen LogP contribution in [-0.4, -0.2) is 27.5 Å². The number of nitrogens with one attached hydrogen (secondary N) is 1. The Kier molecular flexibility index (Phi) is 5.74. The lowest BCUT2D eigenvalue weighted by atomic mass is 10.2. The van der Waals surface area contributed by atoms with Crippen molar-refractivity contribution in [2.75, 3.05) is 22.8 Å². The number of benzene rings is 3. The predicted molar refractivity (Wildman–Crippen MR) is 117 cm³/mol. The van der Waals surface area contributed by atoms with Crippen molar-refractivity contribution >= 4 is 38.9 Å². The Morgan fingerprint density at radius 2 is 1.94 bits per heavy atom. The van der Waals surface area contributed by atoms with Gasteiger partial charge in [-0.1, -0.05) is 23.7 Å². The SMILES string of the molecule is N#Cc1cccc(S(=O)(=O)N2CCOc3ccc(NC(=O)c4c(F)cccc4Cl)cc32)c1. The van der Waals surface area contributed by atoms with Crippen molar-refractivity contribution in [3.63, 3.8) is 0 Å². The topological polar surface area (TPSA) is 99.5 Å². The molecule has 10 heteroatoms. The van der Waals surface area contributed by atoms with Crippen LogP contribution in [0.5, 0.6) is 5.75 Å². The number of carbonyl (C=O) groups excluding carboxylic acids is 1. The third-order valence-electron chi connectivity index (χ3n) is 4.78. The number of anilines is 2. The van der Waals surface area contributed by atoms with Gasteiger partial charge in [-0.15, -0.1) is 0 Å². The molecule has 3 aromatic rings. The van der Waals surface area contributed by atoms with Crippen molar-refractivity contribution in [2.24, 2.45) is 0 Å². The molecule has 0 saturated heterocycles. The fourth-order valence-corrected chi connectivity index (χ4v) is 5.03. The van der Waals surface area contributed by atoms with Crippen LogP contribution in [0, 0.1) is 17.1 Å². The highest BCUT2D eigenvalue weighted by Crippen LogP contribution is 2.37. The Labute approximate surface area is 188 Å². The van der Waals surface area contributed by atoms with Crippen molar-refractivity contribution in [1.82, 2.24) is 0 Å². The lowest BCUT2D eigenvalue weighted by Gasteiger charge is -2.31. The van der Waals surface area contributed by atoms with Gasteiger partial charge in [0, 0.05) is 5.69 Å². The number of halogens is 2. The van der Waals surface area contributed by atoms with Crippen molar-refractivity contribution in [3.05, 3.63) is 82.6 Å². The second-order valence-corrected chi connectivity index (χ2v) is 9.07. The molecule has 0 aliphatic carbocycles. The van der Waals surface area contributed by atoms with Crippen LogP contribution >= 0.6 is 11.6 Å². The van der Waals surface area contributed by atoms with Crippen LogP contribution in [0.25, 0.3) is 0 Å². The zero-order valence-corrected chi connectivity index (χ0v) is 18.0.